The van der Waals surface area contributed by atoms with Gasteiger partial charge in [-0.1, -0.05) is 238 Å². The number of allylic oxidation sites excluding steroid dienone is 1. The van der Waals surface area contributed by atoms with E-state index in [9.17, 15) is 13.0 Å². The van der Waals surface area contributed by atoms with E-state index in [2.05, 4.69) is 30.2 Å². The second kappa shape index (κ2) is 42.0. The van der Waals surface area contributed by atoms with E-state index in [0.717, 1.165) is 19.3 Å². The van der Waals surface area contributed by atoms with Crippen molar-refractivity contribution in [3.63, 3.8) is 0 Å². The Hall–Kier alpha value is 0.610. The van der Waals surface area contributed by atoms with Crippen molar-refractivity contribution in [1.29, 1.82) is 0 Å². The third-order valence-electron chi connectivity index (χ3n) is 9.99. The molecule has 0 radical (unpaired) electrons. The minimum absolute atomic E-state index is 0. The third-order valence-corrected chi connectivity index (χ3v) is 10.4. The Morgan fingerprint density at radius 1 is 0.458 bits per heavy atom. The quantitative estimate of drug-likeness (QED) is 0.0209. The van der Waals surface area contributed by atoms with E-state index >= 15 is 0 Å². The summed E-state index contributed by atoms with van der Waals surface area (Å²) in [5, 5.41) is 0. The molecule has 1 unspecified atom stereocenters. The van der Waals surface area contributed by atoms with Gasteiger partial charge in [-0.05, 0) is 19.3 Å². The van der Waals surface area contributed by atoms with Crippen LogP contribution in [0.5, 0.6) is 0 Å². The average molecular weight is 707 g/mol. The summed E-state index contributed by atoms with van der Waals surface area (Å²) in [5.41, 5.74) is 0. The molecule has 0 saturated heterocycles. The van der Waals surface area contributed by atoms with Gasteiger partial charge < -0.3 is 4.55 Å². The summed E-state index contributed by atoms with van der Waals surface area (Å²) < 4.78 is 37.7. The second-order valence-corrected chi connectivity index (χ2v) is 15.8. The molecule has 0 aliphatic carbocycles. The SMILES string of the molecule is CCCCCCCCCCCCCCCCCC/C=C/C(CCCCCCCCCCCCCCCCCCCC)COS(=O)(=O)[O-].[Na+]. The molecule has 48 heavy (non-hydrogen) atoms. The summed E-state index contributed by atoms with van der Waals surface area (Å²) >= 11 is 0. The van der Waals surface area contributed by atoms with Crippen molar-refractivity contribution in [2.75, 3.05) is 6.61 Å². The fourth-order valence-corrected chi connectivity index (χ4v) is 7.15. The van der Waals surface area contributed by atoms with Crippen molar-refractivity contribution in [3.05, 3.63) is 12.2 Å². The van der Waals surface area contributed by atoms with Gasteiger partial charge in [0.25, 0.3) is 0 Å². The van der Waals surface area contributed by atoms with E-state index < -0.39 is 10.4 Å². The Morgan fingerprint density at radius 3 is 1.02 bits per heavy atom. The van der Waals surface area contributed by atoms with Crippen molar-refractivity contribution in [2.24, 2.45) is 5.92 Å². The average Bonchev–Trinajstić information content (AvgIpc) is 3.05. The number of hydrogen-bond donors (Lipinski definition) is 0. The van der Waals surface area contributed by atoms with Crippen molar-refractivity contribution >= 4 is 10.4 Å². The Morgan fingerprint density at radius 2 is 0.729 bits per heavy atom. The van der Waals surface area contributed by atoms with Gasteiger partial charge in [-0.2, -0.15) is 0 Å². The standard InChI is InChI=1S/C42H84O4S.Na/c1-3-5-7-9-11-13-15-17-19-21-23-25-27-29-31-33-35-37-39-42(41-46-47(43,44)45)40-38-36-34-32-30-28-26-24-22-20-18-16-14-12-10-8-6-4-2;/h37,39,42H,3-36,38,40-41H2,1-2H3,(H,43,44,45);/q;+1/p-1/b39-37+;. The summed E-state index contributed by atoms with van der Waals surface area (Å²) in [7, 11) is -4.63. The van der Waals surface area contributed by atoms with Crippen LogP contribution in [0.2, 0.25) is 0 Å². The maximum absolute atomic E-state index is 11.0. The van der Waals surface area contributed by atoms with Gasteiger partial charge in [-0.25, -0.2) is 8.42 Å². The molecule has 0 bridgehead atoms. The summed E-state index contributed by atoms with van der Waals surface area (Å²) in [6.07, 6.45) is 52.6. The van der Waals surface area contributed by atoms with Crippen LogP contribution in [0.4, 0.5) is 0 Å². The molecular formula is C42H83NaO4S. The van der Waals surface area contributed by atoms with Crippen LogP contribution in [0, 0.1) is 5.92 Å². The van der Waals surface area contributed by atoms with Gasteiger partial charge in [-0.15, -0.1) is 0 Å². The van der Waals surface area contributed by atoms with Crippen LogP contribution >= 0.6 is 0 Å². The fraction of sp³-hybridized carbons (Fsp3) is 0.952. The van der Waals surface area contributed by atoms with Gasteiger partial charge in [0.1, 0.15) is 0 Å². The molecule has 0 aliphatic rings. The minimum Gasteiger partial charge on any atom is -0.726 e. The van der Waals surface area contributed by atoms with Crippen LogP contribution in [0.1, 0.15) is 245 Å². The van der Waals surface area contributed by atoms with Crippen LogP contribution in [0.3, 0.4) is 0 Å². The van der Waals surface area contributed by atoms with E-state index in [1.165, 1.54) is 212 Å². The minimum atomic E-state index is -4.63. The third kappa shape index (κ3) is 44.6. The van der Waals surface area contributed by atoms with Crippen LogP contribution in [-0.4, -0.2) is 19.6 Å². The molecule has 6 heteroatoms. The van der Waals surface area contributed by atoms with E-state index in [0.29, 0.717) is 0 Å². The van der Waals surface area contributed by atoms with E-state index in [1.54, 1.807) is 0 Å². The van der Waals surface area contributed by atoms with Gasteiger partial charge in [0.2, 0.25) is 10.4 Å². The molecule has 0 aromatic heterocycles. The Kier molecular flexibility index (Phi) is 44.4. The smallest absolute Gasteiger partial charge is 0.726 e. The Bertz CT molecular complexity index is 727. The van der Waals surface area contributed by atoms with Crippen molar-refractivity contribution in [2.45, 2.75) is 245 Å². The first-order chi connectivity index (χ1) is 23.0. The molecule has 0 fully saturated rings. The zero-order chi connectivity index (χ0) is 34.4. The summed E-state index contributed by atoms with van der Waals surface area (Å²) in [6, 6.07) is 0. The van der Waals surface area contributed by atoms with Crippen LogP contribution in [0.15, 0.2) is 12.2 Å². The number of hydrogen-bond acceptors (Lipinski definition) is 4. The summed E-state index contributed by atoms with van der Waals surface area (Å²) in [6.45, 7) is 4.55. The maximum Gasteiger partial charge on any atom is 1.00 e. The number of unbranched alkanes of at least 4 members (excludes halogenated alkanes) is 33. The summed E-state index contributed by atoms with van der Waals surface area (Å²) in [5.74, 6) is 0.0147. The summed E-state index contributed by atoms with van der Waals surface area (Å²) in [4.78, 5) is 0. The number of rotatable bonds is 40. The first-order valence-corrected chi connectivity index (χ1v) is 22.6. The molecule has 0 aromatic carbocycles. The van der Waals surface area contributed by atoms with Crippen molar-refractivity contribution < 1.29 is 46.7 Å². The van der Waals surface area contributed by atoms with Crippen molar-refractivity contribution in [3.8, 4) is 0 Å². The molecule has 0 amide bonds. The molecule has 4 nitrogen and oxygen atoms in total. The van der Waals surface area contributed by atoms with Gasteiger partial charge in [0.05, 0.1) is 6.61 Å². The van der Waals surface area contributed by atoms with E-state index in [4.69, 9.17) is 0 Å². The monoisotopic (exact) mass is 707 g/mol. The van der Waals surface area contributed by atoms with Gasteiger partial charge in [-0.3, -0.25) is 4.18 Å². The van der Waals surface area contributed by atoms with Crippen LogP contribution < -0.4 is 29.6 Å². The largest absolute Gasteiger partial charge is 1.00 e. The molecule has 0 saturated carbocycles. The molecule has 0 rings (SSSR count). The van der Waals surface area contributed by atoms with E-state index in [-0.39, 0.29) is 42.1 Å². The van der Waals surface area contributed by atoms with Crippen molar-refractivity contribution in [1.82, 2.24) is 0 Å². The fourth-order valence-electron chi connectivity index (χ4n) is 6.81. The van der Waals surface area contributed by atoms with Gasteiger partial charge in [0, 0.05) is 5.92 Å². The van der Waals surface area contributed by atoms with Crippen LogP contribution in [0.25, 0.3) is 0 Å². The predicted octanol–water partition coefficient (Wildman–Crippen LogP) is 11.7. The molecule has 0 aromatic rings. The molecular weight excluding hydrogens is 624 g/mol. The zero-order valence-electron chi connectivity index (χ0n) is 32.9. The maximum atomic E-state index is 11.0. The first kappa shape index (κ1) is 50.7. The van der Waals surface area contributed by atoms with Crippen LogP contribution in [-0.2, 0) is 14.6 Å². The molecule has 0 aliphatic heterocycles. The van der Waals surface area contributed by atoms with Gasteiger partial charge in [0.15, 0.2) is 0 Å². The Balaban J connectivity index is 0. The van der Waals surface area contributed by atoms with Gasteiger partial charge >= 0.3 is 29.6 Å². The normalized spacial score (nSPS) is 12.6. The Labute approximate surface area is 324 Å². The molecule has 0 heterocycles. The molecule has 0 N–H and O–H groups in total. The van der Waals surface area contributed by atoms with E-state index in [1.807, 2.05) is 0 Å². The molecule has 1 atom stereocenters. The molecule has 0 spiro atoms. The zero-order valence-corrected chi connectivity index (χ0v) is 35.8. The topological polar surface area (TPSA) is 66.4 Å². The predicted molar refractivity (Wildman–Crippen MR) is 206 cm³/mol. The molecule has 282 valence electrons. The first-order valence-electron chi connectivity index (χ1n) is 21.3. The second-order valence-electron chi connectivity index (χ2n) is 14.8.